The highest BCUT2D eigenvalue weighted by molar-refractivity contribution is 9.10. The Balaban J connectivity index is 0.000000161. The Morgan fingerprint density at radius 2 is 0.594 bits per heavy atom. The van der Waals surface area contributed by atoms with Crippen molar-refractivity contribution in [3.05, 3.63) is 303 Å². The summed E-state index contributed by atoms with van der Waals surface area (Å²) in [6.07, 6.45) is 0.937. The van der Waals surface area contributed by atoms with E-state index >= 15 is 0 Å². The van der Waals surface area contributed by atoms with Crippen LogP contribution in [0.25, 0.3) is 0 Å². The summed E-state index contributed by atoms with van der Waals surface area (Å²) in [4.78, 5) is 6.67. The van der Waals surface area contributed by atoms with Crippen molar-refractivity contribution in [3.8, 4) is 0 Å². The van der Waals surface area contributed by atoms with E-state index in [1.54, 1.807) is 12.1 Å². The van der Waals surface area contributed by atoms with Crippen molar-refractivity contribution in [2.75, 3.05) is 14.7 Å². The van der Waals surface area contributed by atoms with Gasteiger partial charge in [0.1, 0.15) is 0 Å². The van der Waals surface area contributed by atoms with Crippen molar-refractivity contribution in [2.24, 2.45) is 0 Å². The van der Waals surface area contributed by atoms with Crippen molar-refractivity contribution < 1.29 is 0 Å². The number of hydrogen-bond donors (Lipinski definition) is 0. The van der Waals surface area contributed by atoms with E-state index in [4.69, 9.17) is 46.4 Å². The Bertz CT molecular complexity index is 3050. The topological polar surface area (TPSA) is 9.72 Å². The van der Waals surface area contributed by atoms with Gasteiger partial charge in [0.15, 0.2) is 0 Å². The van der Waals surface area contributed by atoms with E-state index in [2.05, 4.69) is 231 Å². The Morgan fingerprint density at radius 1 is 0.275 bits per heavy atom. The molecular formula is C61H46BrCl4N3. The number of hydrogen-bond acceptors (Lipinski definition) is 3. The third kappa shape index (κ3) is 12.9. The molecule has 0 bridgehead atoms. The van der Waals surface area contributed by atoms with Gasteiger partial charge in [-0.25, -0.2) is 0 Å². The van der Waals surface area contributed by atoms with E-state index in [1.807, 2.05) is 54.6 Å². The summed E-state index contributed by atoms with van der Waals surface area (Å²) in [5.74, 6) is 0. The number of anilines is 9. The van der Waals surface area contributed by atoms with Crippen LogP contribution < -0.4 is 14.7 Å². The minimum Gasteiger partial charge on any atom is -0.310 e. The highest BCUT2D eigenvalue weighted by Crippen LogP contribution is 2.44. The van der Waals surface area contributed by atoms with Gasteiger partial charge in [0, 0.05) is 50.0 Å². The van der Waals surface area contributed by atoms with Crippen molar-refractivity contribution in [2.45, 2.75) is 6.42 Å². The van der Waals surface area contributed by atoms with Crippen molar-refractivity contribution >= 4 is 114 Å². The monoisotopic (exact) mass is 1040 g/mol. The minimum absolute atomic E-state index is 0.515. The molecule has 0 saturated heterocycles. The van der Waals surface area contributed by atoms with Gasteiger partial charge in [-0.1, -0.05) is 198 Å². The molecule has 10 aromatic carbocycles. The van der Waals surface area contributed by atoms with Gasteiger partial charge in [0.25, 0.3) is 0 Å². The van der Waals surface area contributed by atoms with E-state index < -0.39 is 0 Å². The van der Waals surface area contributed by atoms with Crippen molar-refractivity contribution in [1.82, 2.24) is 0 Å². The van der Waals surface area contributed by atoms with E-state index in [-0.39, 0.29) is 0 Å². The lowest BCUT2D eigenvalue weighted by atomic mass is 10.0. The van der Waals surface area contributed by atoms with Gasteiger partial charge in [-0.3, -0.25) is 0 Å². The van der Waals surface area contributed by atoms with Crippen LogP contribution >= 0.6 is 62.3 Å². The number of rotatable bonds is 11. The van der Waals surface area contributed by atoms with Crippen LogP contribution in [-0.4, -0.2) is 0 Å². The van der Waals surface area contributed by atoms with Gasteiger partial charge in [-0.05, 0) is 149 Å². The second kappa shape index (κ2) is 24.5. The van der Waals surface area contributed by atoms with E-state index in [9.17, 15) is 0 Å². The van der Waals surface area contributed by atoms with E-state index in [0.29, 0.717) is 20.1 Å². The minimum atomic E-state index is 0.515. The summed E-state index contributed by atoms with van der Waals surface area (Å²) in [6.45, 7) is 0. The maximum absolute atomic E-state index is 6.70. The Labute approximate surface area is 434 Å². The molecule has 69 heavy (non-hydrogen) atoms. The fourth-order valence-corrected chi connectivity index (χ4v) is 8.92. The predicted octanol–water partition coefficient (Wildman–Crippen LogP) is 20.4. The first-order valence-corrected chi connectivity index (χ1v) is 24.6. The van der Waals surface area contributed by atoms with Gasteiger partial charge in [0.05, 0.1) is 25.8 Å². The molecule has 0 aliphatic heterocycles. The van der Waals surface area contributed by atoms with Crippen LogP contribution in [0.4, 0.5) is 51.2 Å². The Morgan fingerprint density at radius 3 is 1.03 bits per heavy atom. The molecule has 0 aliphatic rings. The molecule has 0 heterocycles. The molecule has 10 aromatic rings. The maximum Gasteiger partial charge on any atom is 0.0832 e. The molecule has 0 fully saturated rings. The molecule has 0 aliphatic carbocycles. The van der Waals surface area contributed by atoms with Gasteiger partial charge in [0.2, 0.25) is 0 Å². The number of nitrogens with zero attached hydrogens (tertiary/aromatic N) is 3. The molecule has 3 nitrogen and oxygen atoms in total. The quantitative estimate of drug-likeness (QED) is 0.120. The average Bonchev–Trinajstić information content (AvgIpc) is 3.40. The van der Waals surface area contributed by atoms with Gasteiger partial charge in [-0.2, -0.15) is 0 Å². The fourth-order valence-electron chi connectivity index (χ4n) is 7.76. The largest absolute Gasteiger partial charge is 0.310 e. The number of halogens is 5. The number of para-hydroxylation sites is 5. The fraction of sp³-hybridized carbons (Fsp3) is 0.0164. The molecular weight excluding hydrogens is 996 g/mol. The Kier molecular flexibility index (Phi) is 17.3. The zero-order chi connectivity index (χ0) is 47.8. The van der Waals surface area contributed by atoms with E-state index in [0.717, 1.165) is 56.4 Å². The molecule has 10 rings (SSSR count). The zero-order valence-corrected chi connectivity index (χ0v) is 42.0. The van der Waals surface area contributed by atoms with Crippen LogP contribution in [0, 0.1) is 0 Å². The molecule has 0 spiro atoms. The second-order valence-electron chi connectivity index (χ2n) is 15.6. The normalized spacial score (nSPS) is 10.4. The maximum atomic E-state index is 6.70. The van der Waals surface area contributed by atoms with Crippen molar-refractivity contribution in [3.63, 3.8) is 0 Å². The third-order valence-electron chi connectivity index (χ3n) is 10.9. The lowest BCUT2D eigenvalue weighted by Gasteiger charge is -2.29. The van der Waals surface area contributed by atoms with Crippen LogP contribution in [0.5, 0.6) is 0 Å². The smallest absolute Gasteiger partial charge is 0.0832 e. The molecule has 0 N–H and O–H groups in total. The zero-order valence-electron chi connectivity index (χ0n) is 37.3. The third-order valence-corrected chi connectivity index (χ3v) is 13.4. The van der Waals surface area contributed by atoms with Crippen LogP contribution in [0.15, 0.2) is 271 Å². The SMILES string of the molecule is Clc1cccc(Br)c1Cl.Clc1cccc(N(c2ccccc2)c2cccc(N(c3ccccc3)c3ccccc3)c2)c1Cl.c1ccc(Cc2cccc(N(c3ccccc3)c3ccccc3)c2)cc1. The standard InChI is InChI=1S/C30H22Cl2N2.C25H21N.C6H3BrCl2/c31-28-20-11-21-29(30(28)32)34(25-16-8-3-9-17-25)27-19-10-18-26(22-27)33(23-12-4-1-5-13-23)24-14-6-2-7-15-24;1-4-11-21(12-5-1)19-22-13-10-18-25(20-22)26(23-14-6-2-7-15-23)24-16-8-3-9-17-24;7-4-2-1-3-5(8)6(4)9/h1-22H;1-18,20H,19H2;1-3H. The molecule has 0 unspecified atom stereocenters. The van der Waals surface area contributed by atoms with E-state index in [1.165, 1.54) is 16.8 Å². The first-order chi connectivity index (χ1) is 33.8. The molecule has 0 saturated carbocycles. The molecule has 340 valence electrons. The summed E-state index contributed by atoms with van der Waals surface area (Å²) >= 11 is 27.7. The van der Waals surface area contributed by atoms with Crippen LogP contribution in [0.3, 0.4) is 0 Å². The van der Waals surface area contributed by atoms with Crippen LogP contribution in [0.1, 0.15) is 11.1 Å². The summed E-state index contributed by atoms with van der Waals surface area (Å²) in [5, 5.41) is 2.18. The summed E-state index contributed by atoms with van der Waals surface area (Å²) in [5.41, 5.74) is 12.1. The predicted molar refractivity (Wildman–Crippen MR) is 300 cm³/mol. The molecule has 0 atom stereocenters. The van der Waals surface area contributed by atoms with Gasteiger partial charge in [-0.15, -0.1) is 0 Å². The van der Waals surface area contributed by atoms with Crippen LogP contribution in [0.2, 0.25) is 20.1 Å². The van der Waals surface area contributed by atoms with Gasteiger partial charge < -0.3 is 14.7 Å². The molecule has 0 aromatic heterocycles. The lowest BCUT2D eigenvalue weighted by molar-refractivity contribution is 1.18. The van der Waals surface area contributed by atoms with Crippen molar-refractivity contribution in [1.29, 1.82) is 0 Å². The highest BCUT2D eigenvalue weighted by Gasteiger charge is 2.20. The lowest BCUT2D eigenvalue weighted by Crippen LogP contribution is -2.13. The average molecular weight is 1040 g/mol. The molecule has 8 heteroatoms. The molecule has 0 amide bonds. The first-order valence-electron chi connectivity index (χ1n) is 22.3. The first kappa shape index (κ1) is 48.7. The van der Waals surface area contributed by atoms with Crippen LogP contribution in [-0.2, 0) is 6.42 Å². The summed E-state index contributed by atoms with van der Waals surface area (Å²) < 4.78 is 0.830. The Hall–Kier alpha value is -6.76. The van der Waals surface area contributed by atoms with Gasteiger partial charge >= 0.3 is 0 Å². The second-order valence-corrected chi connectivity index (χ2v) is 18.1. The summed E-state index contributed by atoms with van der Waals surface area (Å²) in [7, 11) is 0. The number of benzene rings is 10. The highest BCUT2D eigenvalue weighted by atomic mass is 79.9. The summed E-state index contributed by atoms with van der Waals surface area (Å²) in [6, 6.07) is 90.9. The molecule has 0 radical (unpaired) electrons.